The minimum absolute atomic E-state index is 0. The molecule has 3 fully saturated rings. The number of hydrazine groups is 1. The summed E-state index contributed by atoms with van der Waals surface area (Å²) in [5.41, 5.74) is 2.71. The Labute approximate surface area is 204 Å². The fraction of sp³-hybridized carbons (Fsp3) is 1.00. The lowest BCUT2D eigenvalue weighted by Crippen LogP contribution is -2.27. The predicted molar refractivity (Wildman–Crippen MR) is 133 cm³/mol. The van der Waals surface area contributed by atoms with E-state index < -0.39 is 18.4 Å². The summed E-state index contributed by atoms with van der Waals surface area (Å²) < 4.78 is 37.5. The van der Waals surface area contributed by atoms with Gasteiger partial charge in [0.05, 0.1) is 12.9 Å². The van der Waals surface area contributed by atoms with Gasteiger partial charge in [0.15, 0.2) is 0 Å². The zero-order chi connectivity index (χ0) is 23.5. The van der Waals surface area contributed by atoms with E-state index in [4.69, 9.17) is 25.7 Å². The first-order valence-electron chi connectivity index (χ1n) is 11.1. The van der Waals surface area contributed by atoms with E-state index >= 15 is 0 Å². The molecule has 204 valence electrons. The molecule has 0 aromatic heterocycles. The monoisotopic (exact) mass is 522 g/mol. The summed E-state index contributed by atoms with van der Waals surface area (Å²) in [4.78, 5) is 8.93. The van der Waals surface area contributed by atoms with Crippen LogP contribution in [0.5, 0.6) is 0 Å². The lowest BCUT2D eigenvalue weighted by atomic mass is 10.1. The van der Waals surface area contributed by atoms with Gasteiger partial charge in [-0.1, -0.05) is 53.4 Å². The van der Waals surface area contributed by atoms with Gasteiger partial charge in [0.1, 0.15) is 0 Å². The van der Waals surface area contributed by atoms with E-state index in [0.29, 0.717) is 25.0 Å². The molecule has 0 radical (unpaired) electrons. The van der Waals surface area contributed by atoms with Gasteiger partial charge < -0.3 is 10.00 Å². The molecule has 0 aliphatic heterocycles. The smallest absolute Gasteiger partial charge is 0.521 e. The molecule has 1 atom stereocenters. The summed E-state index contributed by atoms with van der Waals surface area (Å²) in [6.07, 6.45) is 16.6. The van der Waals surface area contributed by atoms with Crippen LogP contribution in [0.2, 0.25) is 0 Å². The molecule has 33 heavy (non-hydrogen) atoms. The average molecular weight is 523 g/mol. The van der Waals surface area contributed by atoms with Crippen LogP contribution in [0.1, 0.15) is 93.3 Å². The Morgan fingerprint density at radius 2 is 1.33 bits per heavy atom. The van der Waals surface area contributed by atoms with E-state index in [1.54, 1.807) is 0 Å². The lowest BCUT2D eigenvalue weighted by Gasteiger charge is -2.06. The molecule has 3 aliphatic rings. The van der Waals surface area contributed by atoms with Crippen molar-refractivity contribution < 1.29 is 38.5 Å². The Hall–Kier alpha value is -0.230. The van der Waals surface area contributed by atoms with Gasteiger partial charge in [-0.25, -0.2) is 5.26 Å². The molecular weight excluding hydrogens is 471 g/mol. The zero-order valence-corrected chi connectivity index (χ0v) is 20.3. The van der Waals surface area contributed by atoms with Crippen molar-refractivity contribution in [3.8, 4) is 0 Å². The van der Waals surface area contributed by atoms with Crippen molar-refractivity contribution in [1.82, 2.24) is 5.43 Å². The van der Waals surface area contributed by atoms with Gasteiger partial charge in [0.2, 0.25) is 0 Å². The normalized spacial score (nSPS) is 19.0. The van der Waals surface area contributed by atoms with Crippen LogP contribution in [0.4, 0.5) is 0 Å². The minimum atomic E-state index is -3.21. The third kappa shape index (κ3) is 24.7. The third-order valence-electron chi connectivity index (χ3n) is 5.67. The van der Waals surface area contributed by atoms with Crippen LogP contribution < -0.4 is 16.2 Å². The molecule has 10 nitrogen and oxygen atoms in total. The van der Waals surface area contributed by atoms with E-state index in [0.717, 1.165) is 31.6 Å². The maximum Gasteiger partial charge on any atom is 0.521 e. The molecule has 12 heteroatoms. The van der Waals surface area contributed by atoms with Crippen LogP contribution in [0, 0.1) is 17.8 Å². The highest BCUT2D eigenvalue weighted by Crippen LogP contribution is 2.25. The first-order chi connectivity index (χ1) is 14.7. The van der Waals surface area contributed by atoms with Crippen LogP contribution in [0.25, 0.3) is 0 Å². The Morgan fingerprint density at radius 1 is 0.970 bits per heavy atom. The van der Waals surface area contributed by atoms with Crippen LogP contribution in [0.15, 0.2) is 0 Å². The molecule has 3 aliphatic carbocycles. The molecule has 0 amide bonds. The van der Waals surface area contributed by atoms with E-state index in [1.165, 1.54) is 64.2 Å². The predicted octanol–water partition coefficient (Wildman–Crippen LogP) is 3.97. The molecule has 0 heterocycles. The highest BCUT2D eigenvalue weighted by molar-refractivity contribution is 7.85. The standard InChI is InChI=1S/C7H14O3S.C6H14N2.C6H12O.2CH4.HO4P.H2/c1-11(8,9)10-6-7-4-2-3-5-7;7-8-5-6-3-1-2-4-6;7-5-6-3-1-2-4-6;;;1-4-5(2)3;/h7H,2-6H2,1H3;6,8H,1-5,7H2;6-7H,1-5H2;2*1H4;1H;1H. The van der Waals surface area contributed by atoms with Crippen LogP contribution in [0.3, 0.4) is 0 Å². The van der Waals surface area contributed by atoms with Crippen LogP contribution >= 0.6 is 8.25 Å². The molecule has 0 bridgehead atoms. The van der Waals surface area contributed by atoms with E-state index in [-0.39, 0.29) is 16.3 Å². The summed E-state index contributed by atoms with van der Waals surface area (Å²) in [6.45, 7) is 1.82. The Kier molecular flexibility index (Phi) is 26.6. The Bertz CT molecular complexity index is 543. The van der Waals surface area contributed by atoms with Crippen molar-refractivity contribution >= 4 is 18.4 Å². The molecule has 0 aromatic rings. The number of hydrogen-bond donors (Lipinski definition) is 4. The van der Waals surface area contributed by atoms with Gasteiger partial charge in [-0.3, -0.25) is 15.5 Å². The first kappa shape index (κ1) is 37.3. The highest BCUT2D eigenvalue weighted by Gasteiger charge is 2.17. The van der Waals surface area contributed by atoms with E-state index in [9.17, 15) is 8.42 Å². The Balaban J connectivity index is -0.000000177. The number of nitrogens with two attached hydrogens (primary N) is 1. The maximum absolute atomic E-state index is 10.6. The second kappa shape index (κ2) is 23.5. The van der Waals surface area contributed by atoms with Crippen LogP contribution in [-0.4, -0.2) is 44.8 Å². The molecule has 3 saturated carbocycles. The van der Waals surface area contributed by atoms with E-state index in [1.807, 2.05) is 0 Å². The van der Waals surface area contributed by atoms with Crippen molar-refractivity contribution in [3.05, 3.63) is 0 Å². The largest absolute Gasteiger partial charge is 0.565 e. The molecule has 3 rings (SSSR count). The molecule has 0 aromatic carbocycles. The average Bonchev–Trinajstić information content (AvgIpc) is 3.51. The summed E-state index contributed by atoms with van der Waals surface area (Å²) in [5, 5.41) is 15.6. The lowest BCUT2D eigenvalue weighted by molar-refractivity contribution is -0.244. The summed E-state index contributed by atoms with van der Waals surface area (Å²) in [5.74, 6) is 7.16. The fourth-order valence-electron chi connectivity index (χ4n) is 3.97. The SMILES string of the molecule is C.C.CS(=O)(=O)OCC1CCCC1.NNCC1CCCC1.O=[P+]([O-])OO.OCC1CCCC1.[HH]. The van der Waals surface area contributed by atoms with Gasteiger partial charge >= 0.3 is 8.25 Å². The molecular formula is C21H51N2O8PS. The van der Waals surface area contributed by atoms with E-state index in [2.05, 4.69) is 14.3 Å². The molecule has 0 saturated heterocycles. The van der Waals surface area contributed by atoms with Crippen molar-refractivity contribution in [1.29, 1.82) is 0 Å². The topological polar surface area (TPSA) is 171 Å². The number of aliphatic hydroxyl groups excluding tert-OH is 1. The minimum Gasteiger partial charge on any atom is -0.565 e. The molecule has 1 unspecified atom stereocenters. The number of hydrogen-bond acceptors (Lipinski definition) is 10. The first-order valence-corrected chi connectivity index (χ1v) is 14.0. The van der Waals surface area contributed by atoms with Crippen molar-refractivity contribution in [2.75, 3.05) is 26.0 Å². The van der Waals surface area contributed by atoms with Crippen molar-refractivity contribution in [2.24, 2.45) is 23.6 Å². The molecule has 0 spiro atoms. The van der Waals surface area contributed by atoms with Gasteiger partial charge in [0.25, 0.3) is 10.1 Å². The fourth-order valence-corrected chi connectivity index (χ4v) is 4.41. The van der Waals surface area contributed by atoms with Gasteiger partial charge in [-0.05, 0) is 60.8 Å². The maximum atomic E-state index is 10.6. The second-order valence-corrected chi connectivity index (χ2v) is 10.6. The van der Waals surface area contributed by atoms with Crippen LogP contribution in [-0.2, 0) is 23.5 Å². The van der Waals surface area contributed by atoms with Gasteiger partial charge in [-0.15, -0.1) is 0 Å². The summed E-state index contributed by atoms with van der Waals surface area (Å²) in [7, 11) is -6.25. The number of aliphatic hydroxyl groups is 1. The summed E-state index contributed by atoms with van der Waals surface area (Å²) >= 11 is 0. The highest BCUT2D eigenvalue weighted by atomic mass is 32.2. The zero-order valence-electron chi connectivity index (χ0n) is 18.6. The molecule has 5 N–H and O–H groups in total. The van der Waals surface area contributed by atoms with Gasteiger partial charge in [-0.2, -0.15) is 8.42 Å². The van der Waals surface area contributed by atoms with Crippen molar-refractivity contribution in [3.63, 3.8) is 0 Å². The number of rotatable bonds is 7. The van der Waals surface area contributed by atoms with Crippen molar-refractivity contribution in [2.45, 2.75) is 91.9 Å². The van der Waals surface area contributed by atoms with Gasteiger partial charge in [0, 0.05) is 19.3 Å². The second-order valence-electron chi connectivity index (χ2n) is 8.34. The Morgan fingerprint density at radius 3 is 1.61 bits per heavy atom. The quantitative estimate of drug-likeness (QED) is 0.126. The number of nitrogens with one attached hydrogen (secondary N) is 1. The summed E-state index contributed by atoms with van der Waals surface area (Å²) in [6, 6.07) is 0. The third-order valence-corrected chi connectivity index (χ3v) is 6.37.